The summed E-state index contributed by atoms with van der Waals surface area (Å²) in [5.74, 6) is -0.0277. The fraction of sp³-hybridized carbons (Fsp3) is 0.571. The Morgan fingerprint density at radius 2 is 2.26 bits per heavy atom. The van der Waals surface area contributed by atoms with Crippen LogP contribution >= 0.6 is 0 Å². The second kappa shape index (κ2) is 5.17. The minimum Gasteiger partial charge on any atom is -0.387 e. The molecule has 0 radical (unpaired) electrons. The van der Waals surface area contributed by atoms with Gasteiger partial charge < -0.3 is 10.6 Å². The first-order valence-corrected chi connectivity index (χ1v) is 6.94. The second-order valence-corrected chi connectivity index (χ2v) is 5.36. The van der Waals surface area contributed by atoms with E-state index in [1.807, 2.05) is 13.1 Å². The van der Waals surface area contributed by atoms with Crippen LogP contribution in [0.5, 0.6) is 0 Å². The van der Waals surface area contributed by atoms with Gasteiger partial charge in [-0.3, -0.25) is 14.7 Å². The molecule has 19 heavy (non-hydrogen) atoms. The average molecular weight is 260 g/mol. The summed E-state index contributed by atoms with van der Waals surface area (Å²) in [7, 11) is 1.82. The summed E-state index contributed by atoms with van der Waals surface area (Å²) in [6.07, 6.45) is 7.01. The number of anilines is 1. The number of nitrogens with zero attached hydrogens (tertiary/aromatic N) is 2. The van der Waals surface area contributed by atoms with E-state index in [0.29, 0.717) is 5.56 Å². The number of hydrogen-bond acceptors (Lipinski definition) is 4. The van der Waals surface area contributed by atoms with Gasteiger partial charge in [0.2, 0.25) is 0 Å². The largest absolute Gasteiger partial charge is 0.387 e. The van der Waals surface area contributed by atoms with Crippen LogP contribution in [0.15, 0.2) is 18.5 Å². The van der Waals surface area contributed by atoms with Crippen molar-refractivity contribution in [3.05, 3.63) is 24.0 Å². The molecule has 2 aliphatic rings. The van der Waals surface area contributed by atoms with E-state index >= 15 is 0 Å². The summed E-state index contributed by atoms with van der Waals surface area (Å²) in [6.45, 7) is 2.10. The first-order valence-electron chi connectivity index (χ1n) is 6.94. The molecule has 2 fully saturated rings. The molecule has 2 heterocycles. The highest BCUT2D eigenvalue weighted by molar-refractivity contribution is 5.99. The monoisotopic (exact) mass is 260 g/mol. The Kier molecular flexibility index (Phi) is 3.38. The average Bonchev–Trinajstić information content (AvgIpc) is 3.19. The topological polar surface area (TPSA) is 57.3 Å². The van der Waals surface area contributed by atoms with E-state index < -0.39 is 0 Å². The molecular weight excluding hydrogens is 240 g/mol. The third kappa shape index (κ3) is 2.71. The van der Waals surface area contributed by atoms with Crippen LogP contribution < -0.4 is 10.6 Å². The van der Waals surface area contributed by atoms with E-state index in [9.17, 15) is 4.79 Å². The van der Waals surface area contributed by atoms with Crippen molar-refractivity contribution in [2.24, 2.45) is 0 Å². The maximum absolute atomic E-state index is 12.3. The lowest BCUT2D eigenvalue weighted by molar-refractivity contribution is 0.0938. The molecule has 0 spiro atoms. The maximum Gasteiger partial charge on any atom is 0.255 e. The number of hydrogen-bond donors (Lipinski definition) is 2. The van der Waals surface area contributed by atoms with Gasteiger partial charge in [-0.1, -0.05) is 0 Å². The number of carbonyl (C=O) groups is 1. The Bertz CT molecular complexity index is 472. The lowest BCUT2D eigenvalue weighted by Crippen LogP contribution is -2.37. The van der Waals surface area contributed by atoms with Gasteiger partial charge in [0.25, 0.3) is 5.91 Å². The van der Waals surface area contributed by atoms with Gasteiger partial charge >= 0.3 is 0 Å². The Morgan fingerprint density at radius 3 is 3.00 bits per heavy atom. The number of nitrogens with one attached hydrogen (secondary N) is 2. The molecule has 0 bridgehead atoms. The Hall–Kier alpha value is -1.62. The smallest absolute Gasteiger partial charge is 0.255 e. The molecule has 1 aromatic heterocycles. The standard InChI is InChI=1S/C14H20N4O/c1-15-13-4-6-16-8-12(13)14(19)17-10-5-7-18(9-10)11-2-3-11/h4,6,8,10-11H,2-3,5,7,9H2,1H3,(H,15,16)(H,17,19). The minimum atomic E-state index is -0.0277. The van der Waals surface area contributed by atoms with E-state index in [4.69, 9.17) is 0 Å². The molecule has 102 valence electrons. The maximum atomic E-state index is 12.3. The van der Waals surface area contributed by atoms with Crippen molar-refractivity contribution in [1.82, 2.24) is 15.2 Å². The van der Waals surface area contributed by atoms with E-state index in [1.54, 1.807) is 12.4 Å². The minimum absolute atomic E-state index is 0.0277. The van der Waals surface area contributed by atoms with Crippen LogP contribution in [0, 0.1) is 0 Å². The van der Waals surface area contributed by atoms with E-state index in [-0.39, 0.29) is 11.9 Å². The van der Waals surface area contributed by atoms with E-state index in [1.165, 1.54) is 12.8 Å². The molecule has 5 nitrogen and oxygen atoms in total. The molecule has 0 aromatic carbocycles. The van der Waals surface area contributed by atoms with Crippen molar-refractivity contribution in [2.45, 2.75) is 31.3 Å². The summed E-state index contributed by atoms with van der Waals surface area (Å²) in [5.41, 5.74) is 1.44. The van der Waals surface area contributed by atoms with Crippen molar-refractivity contribution in [1.29, 1.82) is 0 Å². The molecular formula is C14H20N4O. The molecule has 2 N–H and O–H groups in total. The zero-order valence-corrected chi connectivity index (χ0v) is 11.2. The van der Waals surface area contributed by atoms with Crippen LogP contribution in [0.2, 0.25) is 0 Å². The van der Waals surface area contributed by atoms with Gasteiger partial charge in [-0.05, 0) is 25.3 Å². The molecule has 3 rings (SSSR count). The second-order valence-electron chi connectivity index (χ2n) is 5.36. The predicted molar refractivity (Wildman–Crippen MR) is 74.2 cm³/mol. The summed E-state index contributed by atoms with van der Waals surface area (Å²) in [5, 5.41) is 6.15. The highest BCUT2D eigenvalue weighted by Crippen LogP contribution is 2.29. The molecule has 1 saturated carbocycles. The lowest BCUT2D eigenvalue weighted by atomic mass is 10.2. The van der Waals surface area contributed by atoms with Crippen molar-refractivity contribution >= 4 is 11.6 Å². The molecule has 5 heteroatoms. The molecule has 1 atom stereocenters. The molecule has 1 amide bonds. The van der Waals surface area contributed by atoms with Gasteiger partial charge in [0.05, 0.1) is 5.56 Å². The summed E-state index contributed by atoms with van der Waals surface area (Å²) in [4.78, 5) is 18.8. The fourth-order valence-corrected chi connectivity index (χ4v) is 2.73. The van der Waals surface area contributed by atoms with Crippen molar-refractivity contribution < 1.29 is 4.79 Å². The van der Waals surface area contributed by atoms with E-state index in [2.05, 4.69) is 20.5 Å². The summed E-state index contributed by atoms with van der Waals surface area (Å²) in [6, 6.07) is 2.88. The molecule has 1 saturated heterocycles. The van der Waals surface area contributed by atoms with Gasteiger partial charge in [-0.25, -0.2) is 0 Å². The molecule has 1 aliphatic carbocycles. The number of pyridine rings is 1. The SMILES string of the molecule is CNc1ccncc1C(=O)NC1CCN(C2CC2)C1. The summed E-state index contributed by atoms with van der Waals surface area (Å²) < 4.78 is 0. The number of amides is 1. The van der Waals surface area contributed by atoms with Crippen LogP contribution in [-0.4, -0.2) is 48.0 Å². The summed E-state index contributed by atoms with van der Waals surface area (Å²) >= 11 is 0. The van der Waals surface area contributed by atoms with E-state index in [0.717, 1.165) is 31.2 Å². The number of rotatable bonds is 4. The van der Waals surface area contributed by atoms with Crippen LogP contribution in [0.1, 0.15) is 29.6 Å². The van der Waals surface area contributed by atoms with Crippen LogP contribution in [-0.2, 0) is 0 Å². The molecule has 1 unspecified atom stereocenters. The van der Waals surface area contributed by atoms with Crippen molar-refractivity contribution in [3.8, 4) is 0 Å². The van der Waals surface area contributed by atoms with Gasteiger partial charge in [-0.15, -0.1) is 0 Å². The quantitative estimate of drug-likeness (QED) is 0.851. The van der Waals surface area contributed by atoms with Gasteiger partial charge in [0.15, 0.2) is 0 Å². The first-order chi connectivity index (χ1) is 9.28. The third-order valence-corrected chi connectivity index (χ3v) is 3.95. The number of carbonyl (C=O) groups excluding carboxylic acids is 1. The van der Waals surface area contributed by atoms with Crippen LogP contribution in [0.4, 0.5) is 5.69 Å². The zero-order valence-electron chi connectivity index (χ0n) is 11.2. The first kappa shape index (κ1) is 12.4. The molecule has 1 aromatic rings. The number of aromatic nitrogens is 1. The van der Waals surface area contributed by atoms with Gasteiger partial charge in [-0.2, -0.15) is 0 Å². The van der Waals surface area contributed by atoms with Gasteiger partial charge in [0.1, 0.15) is 0 Å². The predicted octanol–water partition coefficient (Wildman–Crippen LogP) is 1.09. The van der Waals surface area contributed by atoms with Crippen molar-refractivity contribution in [2.75, 3.05) is 25.5 Å². The van der Waals surface area contributed by atoms with Crippen LogP contribution in [0.25, 0.3) is 0 Å². The zero-order chi connectivity index (χ0) is 13.2. The fourth-order valence-electron chi connectivity index (χ4n) is 2.73. The third-order valence-electron chi connectivity index (χ3n) is 3.95. The van der Waals surface area contributed by atoms with Crippen molar-refractivity contribution in [3.63, 3.8) is 0 Å². The Morgan fingerprint density at radius 1 is 1.42 bits per heavy atom. The highest BCUT2D eigenvalue weighted by Gasteiger charge is 2.34. The van der Waals surface area contributed by atoms with Crippen LogP contribution in [0.3, 0.4) is 0 Å². The Labute approximate surface area is 113 Å². The normalized spacial score (nSPS) is 23.3. The number of likely N-dealkylation sites (tertiary alicyclic amines) is 1. The molecule has 1 aliphatic heterocycles. The Balaban J connectivity index is 1.61. The van der Waals surface area contributed by atoms with Gasteiger partial charge in [0, 0.05) is 50.3 Å². The lowest BCUT2D eigenvalue weighted by Gasteiger charge is -2.16. The highest BCUT2D eigenvalue weighted by atomic mass is 16.1.